The Hall–Kier alpha value is -1.79. The molecule has 1 aliphatic heterocycles. The highest BCUT2D eigenvalue weighted by molar-refractivity contribution is 7.11. The molecule has 1 aliphatic rings. The molecule has 1 atom stereocenters. The third-order valence-corrected chi connectivity index (χ3v) is 6.45. The number of halogens is 5. The van der Waals surface area contributed by atoms with Crippen molar-refractivity contribution >= 4 is 40.4 Å². The Balaban J connectivity index is 1.43. The molecule has 13 heteroatoms. The predicted octanol–water partition coefficient (Wildman–Crippen LogP) is 3.40. The lowest BCUT2D eigenvalue weighted by Gasteiger charge is -2.33. The molecule has 1 amide bonds. The summed E-state index contributed by atoms with van der Waals surface area (Å²) in [7, 11) is 0. The zero-order valence-electron chi connectivity index (χ0n) is 16.5. The van der Waals surface area contributed by atoms with Crippen molar-refractivity contribution in [3.8, 4) is 5.75 Å². The zero-order chi connectivity index (χ0) is 23.5. The number of hydrogen-bond donors (Lipinski definition) is 3. The Kier molecular flexibility index (Phi) is 8.10. The number of amides is 1. The van der Waals surface area contributed by atoms with Crippen molar-refractivity contribution in [2.24, 2.45) is 0 Å². The van der Waals surface area contributed by atoms with E-state index < -0.39 is 33.6 Å². The maximum atomic E-state index is 12.9. The number of likely N-dealkylation sites (tertiary alicyclic amines) is 1. The van der Waals surface area contributed by atoms with Crippen LogP contribution in [0.2, 0.25) is 10.0 Å². The minimum atomic E-state index is -4.85. The molecule has 32 heavy (non-hydrogen) atoms. The summed E-state index contributed by atoms with van der Waals surface area (Å²) in [5.74, 6) is -0.445. The molecule has 2 aromatic rings. The first kappa shape index (κ1) is 24.8. The lowest BCUT2D eigenvalue weighted by Crippen LogP contribution is -2.45. The number of aromatic amines is 1. The van der Waals surface area contributed by atoms with E-state index in [0.717, 1.165) is 0 Å². The van der Waals surface area contributed by atoms with Gasteiger partial charge in [-0.15, -0.1) is 0 Å². The van der Waals surface area contributed by atoms with E-state index in [9.17, 15) is 27.9 Å². The third kappa shape index (κ3) is 6.61. The molecule has 176 valence electrons. The van der Waals surface area contributed by atoms with Crippen LogP contribution in [-0.4, -0.2) is 59.3 Å². The van der Waals surface area contributed by atoms with Gasteiger partial charge in [-0.1, -0.05) is 34.5 Å². The number of thiazole rings is 1. The number of nitrogens with zero attached hydrogens (tertiary/aromatic N) is 1. The van der Waals surface area contributed by atoms with Gasteiger partial charge in [-0.05, 0) is 25.0 Å². The average molecular weight is 514 g/mol. The number of hydrogen-bond acceptors (Lipinski definition) is 6. The van der Waals surface area contributed by atoms with E-state index in [0.29, 0.717) is 41.7 Å². The Morgan fingerprint density at radius 1 is 1.31 bits per heavy atom. The topological polar surface area (TPSA) is 94.7 Å². The summed E-state index contributed by atoms with van der Waals surface area (Å²) in [6, 6.07) is 5.04. The van der Waals surface area contributed by atoms with Gasteiger partial charge in [0.05, 0.1) is 16.1 Å². The summed E-state index contributed by atoms with van der Waals surface area (Å²) < 4.78 is 44.6. The van der Waals surface area contributed by atoms with Gasteiger partial charge in [0.1, 0.15) is 22.4 Å². The normalized spacial score (nSPS) is 16.7. The van der Waals surface area contributed by atoms with Gasteiger partial charge in [-0.2, -0.15) is 13.2 Å². The fourth-order valence-electron chi connectivity index (χ4n) is 3.29. The second-order valence-corrected chi connectivity index (χ2v) is 9.07. The molecule has 0 unspecified atom stereocenters. The van der Waals surface area contributed by atoms with Crippen molar-refractivity contribution in [1.82, 2.24) is 15.2 Å². The van der Waals surface area contributed by atoms with Crippen molar-refractivity contribution in [3.63, 3.8) is 0 Å². The number of benzene rings is 1. The van der Waals surface area contributed by atoms with Crippen molar-refractivity contribution in [2.45, 2.75) is 31.2 Å². The van der Waals surface area contributed by atoms with Crippen molar-refractivity contribution in [3.05, 3.63) is 48.5 Å². The lowest BCUT2D eigenvalue weighted by atomic mass is 10.1. The van der Waals surface area contributed by atoms with Gasteiger partial charge < -0.3 is 25.0 Å². The number of aliphatic hydroxyl groups is 1. The molecule has 0 radical (unpaired) electrons. The first-order valence-electron chi connectivity index (χ1n) is 9.63. The maximum absolute atomic E-state index is 12.9. The minimum Gasteiger partial charge on any atom is -0.490 e. The molecule has 2 heterocycles. The van der Waals surface area contributed by atoms with Crippen LogP contribution in [0.4, 0.5) is 13.2 Å². The number of β-amino-alcohol motifs (C(OH)–C–C–N with tert-alkyl or cyclic N) is 1. The van der Waals surface area contributed by atoms with Gasteiger partial charge in [0.2, 0.25) is 0 Å². The summed E-state index contributed by atoms with van der Waals surface area (Å²) in [6.07, 6.45) is -4.47. The van der Waals surface area contributed by atoms with Crippen LogP contribution in [0.1, 0.15) is 28.2 Å². The highest BCUT2D eigenvalue weighted by Gasteiger charge is 2.38. The number of rotatable bonds is 7. The van der Waals surface area contributed by atoms with Crippen LogP contribution in [0.25, 0.3) is 0 Å². The predicted molar refractivity (Wildman–Crippen MR) is 115 cm³/mol. The minimum absolute atomic E-state index is 0.0301. The number of carbonyl (C=O) groups excluding carboxylic acids is 1. The van der Waals surface area contributed by atoms with Gasteiger partial charge in [-0.3, -0.25) is 9.59 Å². The summed E-state index contributed by atoms with van der Waals surface area (Å²) in [5.41, 5.74) is -1.39. The first-order chi connectivity index (χ1) is 15.0. The SMILES string of the molecule is O=C(NC[C@@H](O)CN1CCC(Oc2ccc(Cl)c(Cl)c2)CC1)c1sc(=O)[nH]c1C(F)(F)F. The van der Waals surface area contributed by atoms with E-state index in [2.05, 4.69) is 5.32 Å². The number of piperidine rings is 1. The largest absolute Gasteiger partial charge is 0.490 e. The molecule has 0 bridgehead atoms. The van der Waals surface area contributed by atoms with Crippen molar-refractivity contribution in [1.29, 1.82) is 0 Å². The molecule has 0 spiro atoms. The molecule has 1 fully saturated rings. The number of ether oxygens (including phenoxy) is 1. The number of carbonyl (C=O) groups is 1. The van der Waals surface area contributed by atoms with E-state index in [-0.39, 0.29) is 30.5 Å². The fourth-order valence-corrected chi connectivity index (χ4v) is 4.35. The molecule has 1 aromatic carbocycles. The molecule has 1 saturated heterocycles. The molecular formula is C19H20Cl2F3N3O4S. The summed E-state index contributed by atoms with van der Waals surface area (Å²) in [5, 5.41) is 13.3. The van der Waals surface area contributed by atoms with Gasteiger partial charge >= 0.3 is 11.0 Å². The van der Waals surface area contributed by atoms with Crippen LogP contribution in [0.15, 0.2) is 23.0 Å². The highest BCUT2D eigenvalue weighted by Crippen LogP contribution is 2.31. The monoisotopic (exact) mass is 513 g/mol. The van der Waals surface area contributed by atoms with Crippen LogP contribution in [0.3, 0.4) is 0 Å². The van der Waals surface area contributed by atoms with Crippen LogP contribution < -0.4 is 14.9 Å². The lowest BCUT2D eigenvalue weighted by molar-refractivity contribution is -0.141. The molecule has 0 aliphatic carbocycles. The van der Waals surface area contributed by atoms with E-state index in [4.69, 9.17) is 27.9 Å². The highest BCUT2D eigenvalue weighted by atomic mass is 35.5. The first-order valence-corrected chi connectivity index (χ1v) is 11.2. The van der Waals surface area contributed by atoms with E-state index >= 15 is 0 Å². The van der Waals surface area contributed by atoms with Crippen LogP contribution >= 0.6 is 34.5 Å². The van der Waals surface area contributed by atoms with Crippen molar-refractivity contribution < 1.29 is 27.8 Å². The van der Waals surface area contributed by atoms with Gasteiger partial charge in [0, 0.05) is 32.2 Å². The number of H-pyrrole nitrogens is 1. The summed E-state index contributed by atoms with van der Waals surface area (Å²) in [6.45, 7) is 1.25. The van der Waals surface area contributed by atoms with Gasteiger partial charge in [0.25, 0.3) is 5.91 Å². The van der Waals surface area contributed by atoms with E-state index in [1.165, 1.54) is 0 Å². The number of aliphatic hydroxyl groups excluding tert-OH is 1. The summed E-state index contributed by atoms with van der Waals surface area (Å²) in [4.78, 5) is 25.2. The summed E-state index contributed by atoms with van der Waals surface area (Å²) >= 11 is 12.1. The zero-order valence-corrected chi connectivity index (χ0v) is 18.9. The van der Waals surface area contributed by atoms with Crippen LogP contribution in [0, 0.1) is 0 Å². The maximum Gasteiger partial charge on any atom is 0.432 e. The van der Waals surface area contributed by atoms with E-state index in [1.54, 1.807) is 23.2 Å². The number of alkyl halides is 3. The fraction of sp³-hybridized carbons (Fsp3) is 0.474. The Morgan fingerprint density at radius 3 is 2.62 bits per heavy atom. The number of aromatic nitrogens is 1. The molecular weight excluding hydrogens is 494 g/mol. The second-order valence-electron chi connectivity index (χ2n) is 7.27. The van der Waals surface area contributed by atoms with Crippen LogP contribution in [0.5, 0.6) is 5.75 Å². The second kappa shape index (κ2) is 10.4. The standard InChI is InChI=1S/C19H20Cl2F3N3O4S/c20-13-2-1-12(7-14(13)21)31-11-3-5-27(6-4-11)9-10(28)8-25-17(29)15-16(19(22,23)24)26-18(30)32-15/h1-2,7,10-11,28H,3-6,8-9H2,(H,25,29)(H,26,30)/t10-/m1/s1. The van der Waals surface area contributed by atoms with Gasteiger partial charge in [0.15, 0.2) is 0 Å². The molecule has 0 saturated carbocycles. The van der Waals surface area contributed by atoms with Crippen LogP contribution in [-0.2, 0) is 6.18 Å². The average Bonchev–Trinajstić information content (AvgIpc) is 3.13. The molecule has 3 rings (SSSR count). The number of nitrogens with one attached hydrogen (secondary N) is 2. The molecule has 1 aromatic heterocycles. The quantitative estimate of drug-likeness (QED) is 0.527. The Labute approximate surface area is 195 Å². The van der Waals surface area contributed by atoms with Gasteiger partial charge in [-0.25, -0.2) is 0 Å². The molecule has 3 N–H and O–H groups in total. The third-order valence-electron chi connectivity index (χ3n) is 4.83. The molecule has 7 nitrogen and oxygen atoms in total. The Morgan fingerprint density at radius 2 is 2.00 bits per heavy atom. The van der Waals surface area contributed by atoms with Crippen molar-refractivity contribution in [2.75, 3.05) is 26.2 Å². The smallest absolute Gasteiger partial charge is 0.432 e. The Bertz CT molecular complexity index is 1010. The van der Waals surface area contributed by atoms with E-state index in [1.807, 2.05) is 4.90 Å².